The molecule has 0 aliphatic rings. The minimum absolute atomic E-state index is 0.850. The minimum Gasteiger partial charge on any atom is -0.225 e. The van der Waals surface area contributed by atoms with Crippen molar-refractivity contribution in [2.75, 3.05) is 6.54 Å². The fourth-order valence-electron chi connectivity index (χ4n) is 2.48. The van der Waals surface area contributed by atoms with E-state index in [9.17, 15) is 0 Å². The summed E-state index contributed by atoms with van der Waals surface area (Å²) in [6.07, 6.45) is 9.42. The molecule has 0 bridgehead atoms. The van der Waals surface area contributed by atoms with E-state index in [-0.39, 0.29) is 0 Å². The van der Waals surface area contributed by atoms with Gasteiger partial charge in [-0.2, -0.15) is 4.99 Å². The molecular weight excluding hydrogens is 256 g/mol. The van der Waals surface area contributed by atoms with Crippen molar-refractivity contribution < 1.29 is 0 Å². The van der Waals surface area contributed by atoms with Crippen LogP contribution in [0.15, 0.2) is 28.2 Å². The van der Waals surface area contributed by atoms with Crippen molar-refractivity contribution in [1.29, 1.82) is 0 Å². The van der Waals surface area contributed by atoms with E-state index in [1.54, 1.807) is 0 Å². The number of rotatable bonds is 10. The lowest BCUT2D eigenvalue weighted by Gasteiger charge is -2.08. The van der Waals surface area contributed by atoms with E-state index in [1.165, 1.54) is 30.4 Å². The van der Waals surface area contributed by atoms with Crippen molar-refractivity contribution >= 4 is 11.7 Å². The zero-order valence-electron chi connectivity index (χ0n) is 14.0. The Bertz CT molecular complexity index is 432. The number of hydrogen-bond acceptors (Lipinski definition) is 2. The number of benzene rings is 1. The smallest absolute Gasteiger partial charge is 0.0949 e. The standard InChI is InChI=1S/C19H30N2/c1-4-7-8-9-15-20-16-21-19-17(11-5-2)13-10-14-18(19)12-6-3/h10,13-14H,4-9,11-12,15H2,1-3H3. The van der Waals surface area contributed by atoms with Crippen molar-refractivity contribution in [1.82, 2.24) is 0 Å². The fourth-order valence-corrected chi connectivity index (χ4v) is 2.48. The van der Waals surface area contributed by atoms with Crippen molar-refractivity contribution in [3.63, 3.8) is 0 Å². The van der Waals surface area contributed by atoms with Crippen LogP contribution in [0.5, 0.6) is 0 Å². The van der Waals surface area contributed by atoms with Gasteiger partial charge in [-0.05, 0) is 30.4 Å². The quantitative estimate of drug-likeness (QED) is 0.373. The molecule has 1 aromatic carbocycles. The van der Waals surface area contributed by atoms with Crippen LogP contribution in [-0.4, -0.2) is 12.6 Å². The van der Waals surface area contributed by atoms with Gasteiger partial charge in [0.1, 0.15) is 0 Å². The maximum absolute atomic E-state index is 4.54. The highest BCUT2D eigenvalue weighted by Crippen LogP contribution is 2.26. The lowest BCUT2D eigenvalue weighted by Crippen LogP contribution is -1.91. The molecule has 1 rings (SSSR count). The Morgan fingerprint density at radius 3 is 2.10 bits per heavy atom. The van der Waals surface area contributed by atoms with Crippen molar-refractivity contribution in [2.24, 2.45) is 9.98 Å². The topological polar surface area (TPSA) is 24.7 Å². The summed E-state index contributed by atoms with van der Waals surface area (Å²) in [5, 5.41) is 0. The number of unbranched alkanes of at least 4 members (excludes halogenated alkanes) is 3. The number of aliphatic imine (C=N–C) groups is 2. The molecule has 0 unspecified atom stereocenters. The first-order valence-electron chi connectivity index (χ1n) is 8.56. The first kappa shape index (κ1) is 17.7. The zero-order chi connectivity index (χ0) is 15.3. The third kappa shape index (κ3) is 6.73. The second-order valence-electron chi connectivity index (χ2n) is 5.58. The van der Waals surface area contributed by atoms with E-state index >= 15 is 0 Å². The Morgan fingerprint density at radius 2 is 1.52 bits per heavy atom. The predicted molar refractivity (Wildman–Crippen MR) is 93.0 cm³/mol. The van der Waals surface area contributed by atoms with E-state index in [1.807, 2.05) is 0 Å². The molecule has 2 heteroatoms. The van der Waals surface area contributed by atoms with E-state index in [0.29, 0.717) is 0 Å². The number of aryl methyl sites for hydroxylation is 2. The summed E-state index contributed by atoms with van der Waals surface area (Å²) in [7, 11) is 0. The molecule has 1 aromatic rings. The second-order valence-corrected chi connectivity index (χ2v) is 5.58. The molecule has 0 atom stereocenters. The van der Waals surface area contributed by atoms with Crippen LogP contribution < -0.4 is 0 Å². The SMILES string of the molecule is CCCCCCN=C=Nc1c(CCC)cccc1CCC. The van der Waals surface area contributed by atoms with Crippen LogP contribution in [0.25, 0.3) is 0 Å². The van der Waals surface area contributed by atoms with Crippen molar-refractivity contribution in [3.8, 4) is 0 Å². The summed E-state index contributed by atoms with van der Waals surface area (Å²) in [4.78, 5) is 8.87. The van der Waals surface area contributed by atoms with Crippen LogP contribution in [0.4, 0.5) is 5.69 Å². The van der Waals surface area contributed by atoms with Crippen LogP contribution in [0.2, 0.25) is 0 Å². The van der Waals surface area contributed by atoms with Gasteiger partial charge < -0.3 is 0 Å². The van der Waals surface area contributed by atoms with E-state index in [2.05, 4.69) is 55.0 Å². The van der Waals surface area contributed by atoms with Crippen molar-refractivity contribution in [2.45, 2.75) is 72.1 Å². The van der Waals surface area contributed by atoms with Gasteiger partial charge in [0.2, 0.25) is 0 Å². The molecule has 0 aliphatic carbocycles. The molecule has 0 fully saturated rings. The molecule has 0 saturated heterocycles. The van der Waals surface area contributed by atoms with E-state index in [0.717, 1.165) is 44.3 Å². The third-order valence-corrected chi connectivity index (χ3v) is 3.60. The number of para-hydroxylation sites is 1. The number of hydrogen-bond donors (Lipinski definition) is 0. The summed E-state index contributed by atoms with van der Waals surface area (Å²) in [5.74, 6) is 0. The lowest BCUT2D eigenvalue weighted by molar-refractivity contribution is 0.676. The Kier molecular flexibility index (Phi) is 9.48. The maximum atomic E-state index is 4.54. The summed E-state index contributed by atoms with van der Waals surface area (Å²) < 4.78 is 0. The molecule has 0 aromatic heterocycles. The molecule has 21 heavy (non-hydrogen) atoms. The van der Waals surface area contributed by atoms with Gasteiger partial charge in [0, 0.05) is 6.54 Å². The number of nitrogens with zero attached hydrogens (tertiary/aromatic N) is 2. The van der Waals surface area contributed by atoms with Crippen LogP contribution in [0.1, 0.15) is 70.4 Å². The van der Waals surface area contributed by atoms with E-state index in [4.69, 9.17) is 0 Å². The monoisotopic (exact) mass is 286 g/mol. The van der Waals surface area contributed by atoms with Gasteiger partial charge in [-0.3, -0.25) is 0 Å². The van der Waals surface area contributed by atoms with Crippen LogP contribution in [-0.2, 0) is 12.8 Å². The first-order chi connectivity index (χ1) is 10.3. The first-order valence-corrected chi connectivity index (χ1v) is 8.56. The van der Waals surface area contributed by atoms with Gasteiger partial charge in [-0.15, -0.1) is 0 Å². The van der Waals surface area contributed by atoms with Gasteiger partial charge in [0.05, 0.1) is 11.7 Å². The molecule has 0 aliphatic heterocycles. The van der Waals surface area contributed by atoms with Gasteiger partial charge in [0.15, 0.2) is 0 Å². The van der Waals surface area contributed by atoms with Crippen molar-refractivity contribution in [3.05, 3.63) is 29.3 Å². The Labute approximate surface area is 130 Å². The minimum atomic E-state index is 0.850. The van der Waals surface area contributed by atoms with Crippen LogP contribution in [0, 0.1) is 0 Å². The van der Waals surface area contributed by atoms with Gasteiger partial charge in [0.25, 0.3) is 0 Å². The normalized spacial score (nSPS) is 10.2. The molecule has 0 amide bonds. The highest BCUT2D eigenvalue weighted by atomic mass is 14.8. The summed E-state index contributed by atoms with van der Waals surface area (Å²) in [5.41, 5.74) is 3.77. The van der Waals surface area contributed by atoms with Crippen LogP contribution in [0.3, 0.4) is 0 Å². The summed E-state index contributed by atoms with van der Waals surface area (Å²) in [6.45, 7) is 7.50. The highest BCUT2D eigenvalue weighted by molar-refractivity contribution is 5.60. The van der Waals surface area contributed by atoms with Gasteiger partial charge in [-0.1, -0.05) is 71.1 Å². The average Bonchev–Trinajstić information content (AvgIpc) is 2.49. The van der Waals surface area contributed by atoms with Gasteiger partial charge >= 0.3 is 0 Å². The highest BCUT2D eigenvalue weighted by Gasteiger charge is 2.05. The molecule has 0 saturated carbocycles. The zero-order valence-corrected chi connectivity index (χ0v) is 14.0. The predicted octanol–water partition coefficient (Wildman–Crippen LogP) is 5.98. The molecule has 0 N–H and O–H groups in total. The molecular formula is C19H30N2. The summed E-state index contributed by atoms with van der Waals surface area (Å²) in [6, 6.07) is 9.45. The molecule has 116 valence electrons. The van der Waals surface area contributed by atoms with E-state index < -0.39 is 0 Å². The Morgan fingerprint density at radius 1 is 0.857 bits per heavy atom. The van der Waals surface area contributed by atoms with Gasteiger partial charge in [-0.25, -0.2) is 4.99 Å². The molecule has 0 radical (unpaired) electrons. The average molecular weight is 286 g/mol. The Hall–Kier alpha value is -1.40. The largest absolute Gasteiger partial charge is 0.225 e. The third-order valence-electron chi connectivity index (χ3n) is 3.60. The van der Waals surface area contributed by atoms with Crippen LogP contribution >= 0.6 is 0 Å². The Balaban J connectivity index is 2.76. The second kappa shape index (κ2) is 11.3. The molecule has 2 nitrogen and oxygen atoms in total. The molecule has 0 heterocycles. The lowest BCUT2D eigenvalue weighted by atomic mass is 10.0. The molecule has 0 spiro atoms. The maximum Gasteiger partial charge on any atom is 0.0949 e. The summed E-state index contributed by atoms with van der Waals surface area (Å²) >= 11 is 0. The fraction of sp³-hybridized carbons (Fsp3) is 0.632.